The van der Waals surface area contributed by atoms with E-state index in [-0.39, 0.29) is 5.41 Å². The molecule has 0 spiro atoms. The summed E-state index contributed by atoms with van der Waals surface area (Å²) in [6.07, 6.45) is 0. The summed E-state index contributed by atoms with van der Waals surface area (Å²) in [6.45, 7) is 12.0. The number of imide groups is 1. The Labute approximate surface area is 189 Å². The summed E-state index contributed by atoms with van der Waals surface area (Å²) < 4.78 is 5.39. The van der Waals surface area contributed by atoms with E-state index in [2.05, 4.69) is 31.4 Å². The van der Waals surface area contributed by atoms with Gasteiger partial charge in [-0.2, -0.15) is 0 Å². The van der Waals surface area contributed by atoms with Gasteiger partial charge in [0.25, 0.3) is 5.91 Å². The average molecular weight is 438 g/mol. The summed E-state index contributed by atoms with van der Waals surface area (Å²) in [5.74, 6) is -0.216. The Bertz CT molecular complexity index is 1010. The summed E-state index contributed by atoms with van der Waals surface area (Å²) >= 11 is 0. The van der Waals surface area contributed by atoms with Gasteiger partial charge >= 0.3 is 6.03 Å². The Morgan fingerprint density at radius 3 is 2.22 bits per heavy atom. The molecular formula is C25H31N3O4. The van der Waals surface area contributed by atoms with E-state index in [1.165, 1.54) is 6.92 Å². The normalized spacial score (nSPS) is 19.5. The summed E-state index contributed by atoms with van der Waals surface area (Å²) in [6, 6.07) is 13.0. The number of hydrogen-bond donors (Lipinski definition) is 2. The third kappa shape index (κ3) is 4.47. The van der Waals surface area contributed by atoms with Crippen LogP contribution in [0.1, 0.15) is 52.7 Å². The lowest BCUT2D eigenvalue weighted by atomic mass is 9.84. The van der Waals surface area contributed by atoms with Gasteiger partial charge in [0, 0.05) is 5.69 Å². The minimum Gasteiger partial charge on any atom is -0.494 e. The molecule has 4 amide bonds. The Morgan fingerprint density at radius 2 is 1.69 bits per heavy atom. The lowest BCUT2D eigenvalue weighted by Crippen LogP contribution is -2.47. The smallest absolute Gasteiger partial charge is 0.326 e. The zero-order chi connectivity index (χ0) is 23.7. The molecule has 0 bridgehead atoms. The van der Waals surface area contributed by atoms with E-state index in [0.29, 0.717) is 23.6 Å². The molecule has 1 heterocycles. The fourth-order valence-corrected chi connectivity index (χ4v) is 3.68. The van der Waals surface area contributed by atoms with E-state index in [9.17, 15) is 14.4 Å². The Hall–Kier alpha value is -3.35. The molecule has 0 radical (unpaired) electrons. The molecule has 1 fully saturated rings. The van der Waals surface area contributed by atoms with Crippen molar-refractivity contribution < 1.29 is 19.1 Å². The molecule has 7 heteroatoms. The second kappa shape index (κ2) is 8.65. The van der Waals surface area contributed by atoms with Crippen molar-refractivity contribution in [2.24, 2.45) is 0 Å². The van der Waals surface area contributed by atoms with Gasteiger partial charge < -0.3 is 15.4 Å². The number of amides is 4. The Kier molecular flexibility index (Phi) is 6.30. The lowest BCUT2D eigenvalue weighted by Gasteiger charge is -2.26. The van der Waals surface area contributed by atoms with Gasteiger partial charge in [-0.1, -0.05) is 45.0 Å². The summed E-state index contributed by atoms with van der Waals surface area (Å²) in [5, 5.41) is 5.52. The van der Waals surface area contributed by atoms with Crippen LogP contribution in [0.2, 0.25) is 0 Å². The van der Waals surface area contributed by atoms with Gasteiger partial charge in [0.2, 0.25) is 5.91 Å². The van der Waals surface area contributed by atoms with Crippen molar-refractivity contribution in [2.75, 3.05) is 11.9 Å². The van der Waals surface area contributed by atoms with Crippen LogP contribution in [0.15, 0.2) is 48.5 Å². The van der Waals surface area contributed by atoms with E-state index in [1.54, 1.807) is 31.2 Å². The molecular weight excluding hydrogens is 406 g/mol. The summed E-state index contributed by atoms with van der Waals surface area (Å²) in [7, 11) is 0. The van der Waals surface area contributed by atoms with E-state index in [1.807, 2.05) is 31.2 Å². The van der Waals surface area contributed by atoms with Gasteiger partial charge in [0.1, 0.15) is 17.3 Å². The molecule has 32 heavy (non-hydrogen) atoms. The third-order valence-electron chi connectivity index (χ3n) is 5.75. The standard InChI is InChI=1S/C25H31N3O4/c1-7-32-20-14-12-19(13-15-20)26-21(29)16(2)28-22(30)25(6,27-23(28)31)18-10-8-17(9-11-18)24(3,4)5/h8-16H,7H2,1-6H3,(H,26,29)(H,27,31). The first kappa shape index (κ1) is 23.3. The van der Waals surface area contributed by atoms with Gasteiger partial charge in [-0.3, -0.25) is 9.59 Å². The Morgan fingerprint density at radius 1 is 1.09 bits per heavy atom. The van der Waals surface area contributed by atoms with E-state index >= 15 is 0 Å². The second-order valence-corrected chi connectivity index (χ2v) is 9.18. The van der Waals surface area contributed by atoms with Crippen LogP contribution in [0.5, 0.6) is 5.75 Å². The van der Waals surface area contributed by atoms with Crippen LogP contribution in [0.4, 0.5) is 10.5 Å². The van der Waals surface area contributed by atoms with Crippen LogP contribution < -0.4 is 15.4 Å². The maximum Gasteiger partial charge on any atom is 0.326 e. The number of carbonyl (C=O) groups excluding carboxylic acids is 3. The van der Waals surface area contributed by atoms with Gasteiger partial charge in [-0.25, -0.2) is 9.69 Å². The fraction of sp³-hybridized carbons (Fsp3) is 0.400. The van der Waals surface area contributed by atoms with Crippen molar-refractivity contribution in [1.82, 2.24) is 10.2 Å². The van der Waals surface area contributed by atoms with Crippen molar-refractivity contribution in [3.05, 3.63) is 59.7 Å². The molecule has 2 unspecified atom stereocenters. The van der Waals surface area contributed by atoms with Gasteiger partial charge in [-0.05, 0) is 61.6 Å². The number of rotatable bonds is 6. The molecule has 0 aromatic heterocycles. The van der Waals surface area contributed by atoms with Gasteiger partial charge in [-0.15, -0.1) is 0 Å². The highest BCUT2D eigenvalue weighted by atomic mass is 16.5. The lowest BCUT2D eigenvalue weighted by molar-refractivity contribution is -0.136. The van der Waals surface area contributed by atoms with Crippen LogP contribution in [0, 0.1) is 0 Å². The molecule has 2 aromatic carbocycles. The number of nitrogens with one attached hydrogen (secondary N) is 2. The summed E-state index contributed by atoms with van der Waals surface area (Å²) in [5.41, 5.74) is 1.09. The molecule has 1 aliphatic heterocycles. The number of urea groups is 1. The predicted molar refractivity (Wildman–Crippen MR) is 124 cm³/mol. The van der Waals surface area contributed by atoms with Crippen molar-refractivity contribution in [3.63, 3.8) is 0 Å². The number of anilines is 1. The van der Waals surface area contributed by atoms with Crippen molar-refractivity contribution >= 4 is 23.5 Å². The molecule has 7 nitrogen and oxygen atoms in total. The number of ether oxygens (including phenoxy) is 1. The van der Waals surface area contributed by atoms with Crippen LogP contribution in [0.25, 0.3) is 0 Å². The van der Waals surface area contributed by atoms with E-state index in [0.717, 1.165) is 10.5 Å². The number of benzene rings is 2. The third-order valence-corrected chi connectivity index (χ3v) is 5.75. The monoisotopic (exact) mass is 437 g/mol. The number of carbonyl (C=O) groups is 3. The average Bonchev–Trinajstić information content (AvgIpc) is 2.97. The van der Waals surface area contributed by atoms with E-state index in [4.69, 9.17) is 4.74 Å². The first-order chi connectivity index (χ1) is 15.0. The van der Waals surface area contributed by atoms with E-state index < -0.39 is 29.4 Å². The maximum absolute atomic E-state index is 13.3. The van der Waals surface area contributed by atoms with Crippen LogP contribution in [0.3, 0.4) is 0 Å². The first-order valence-corrected chi connectivity index (χ1v) is 10.8. The van der Waals surface area contributed by atoms with Crippen molar-refractivity contribution in [2.45, 2.75) is 58.5 Å². The molecule has 2 aromatic rings. The number of nitrogens with zero attached hydrogens (tertiary/aromatic N) is 1. The minimum atomic E-state index is -1.23. The largest absolute Gasteiger partial charge is 0.494 e. The first-order valence-electron chi connectivity index (χ1n) is 10.8. The highest BCUT2D eigenvalue weighted by Gasteiger charge is 2.51. The van der Waals surface area contributed by atoms with Crippen molar-refractivity contribution in [3.8, 4) is 5.75 Å². The second-order valence-electron chi connectivity index (χ2n) is 9.18. The molecule has 170 valence electrons. The highest BCUT2D eigenvalue weighted by molar-refractivity contribution is 6.11. The maximum atomic E-state index is 13.3. The topological polar surface area (TPSA) is 87.7 Å². The molecule has 1 aliphatic rings. The Balaban J connectivity index is 1.76. The molecule has 0 saturated carbocycles. The van der Waals surface area contributed by atoms with Gasteiger partial charge in [0.05, 0.1) is 6.61 Å². The van der Waals surface area contributed by atoms with Crippen molar-refractivity contribution in [1.29, 1.82) is 0 Å². The molecule has 2 atom stereocenters. The number of hydrogen-bond acceptors (Lipinski definition) is 4. The van der Waals surface area contributed by atoms with Crippen LogP contribution in [-0.2, 0) is 20.5 Å². The molecule has 3 rings (SSSR count). The minimum absolute atomic E-state index is 0.0259. The fourth-order valence-electron chi connectivity index (χ4n) is 3.68. The van der Waals surface area contributed by atoms with Crippen LogP contribution >= 0.6 is 0 Å². The van der Waals surface area contributed by atoms with Gasteiger partial charge in [0.15, 0.2) is 0 Å². The zero-order valence-corrected chi connectivity index (χ0v) is 19.5. The van der Waals surface area contributed by atoms with Crippen LogP contribution in [-0.4, -0.2) is 35.4 Å². The molecule has 1 saturated heterocycles. The summed E-state index contributed by atoms with van der Waals surface area (Å²) in [4.78, 5) is 39.8. The predicted octanol–water partition coefficient (Wildman–Crippen LogP) is 4.18. The zero-order valence-electron chi connectivity index (χ0n) is 19.5. The molecule has 0 aliphatic carbocycles. The quantitative estimate of drug-likeness (QED) is 0.664. The SMILES string of the molecule is CCOc1ccc(NC(=O)C(C)N2C(=O)NC(C)(c3ccc(C(C)(C)C)cc3)C2=O)cc1. The molecule has 2 N–H and O–H groups in total. The highest BCUT2D eigenvalue weighted by Crippen LogP contribution is 2.32.